The van der Waals surface area contributed by atoms with E-state index in [4.69, 9.17) is 4.74 Å². The molecule has 1 fully saturated rings. The van der Waals surface area contributed by atoms with Crippen molar-refractivity contribution < 1.29 is 9.53 Å². The van der Waals surface area contributed by atoms with Crippen LogP contribution in [0.25, 0.3) is 6.08 Å². The van der Waals surface area contributed by atoms with Crippen molar-refractivity contribution in [2.24, 2.45) is 5.41 Å². The lowest BCUT2D eigenvalue weighted by molar-refractivity contribution is -0.159. The fourth-order valence-corrected chi connectivity index (χ4v) is 4.03. The van der Waals surface area contributed by atoms with Crippen LogP contribution >= 0.6 is 0 Å². The van der Waals surface area contributed by atoms with Crippen molar-refractivity contribution >= 4 is 12.0 Å². The molecule has 0 bridgehead atoms. The van der Waals surface area contributed by atoms with Gasteiger partial charge in [0.2, 0.25) is 0 Å². The van der Waals surface area contributed by atoms with Gasteiger partial charge >= 0.3 is 5.97 Å². The van der Waals surface area contributed by atoms with Crippen LogP contribution in [0.15, 0.2) is 48.8 Å². The number of ether oxygens (including phenoxy) is 1. The number of allylic oxidation sites excluding steroid dienone is 1. The van der Waals surface area contributed by atoms with Crippen molar-refractivity contribution in [1.82, 2.24) is 14.5 Å². The zero-order chi connectivity index (χ0) is 19.8. The lowest BCUT2D eigenvalue weighted by Gasteiger charge is -2.40. The van der Waals surface area contributed by atoms with E-state index < -0.39 is 5.41 Å². The van der Waals surface area contributed by atoms with Crippen molar-refractivity contribution in [2.45, 2.75) is 46.2 Å². The first-order chi connectivity index (χ1) is 13.7. The molecule has 28 heavy (non-hydrogen) atoms. The summed E-state index contributed by atoms with van der Waals surface area (Å²) in [7, 11) is 0. The molecule has 1 aromatic heterocycles. The van der Waals surface area contributed by atoms with Crippen LogP contribution in [0.1, 0.15) is 44.5 Å². The number of hydrogen-bond donors (Lipinski definition) is 0. The van der Waals surface area contributed by atoms with E-state index in [1.165, 1.54) is 0 Å². The zero-order valence-electron chi connectivity index (χ0n) is 17.0. The normalized spacial score (nSPS) is 20.5. The first-order valence-electron chi connectivity index (χ1n) is 10.3. The average molecular weight is 382 g/mol. The number of imidazole rings is 1. The third-order valence-electron chi connectivity index (χ3n) is 5.49. The molecule has 0 spiro atoms. The predicted octanol–water partition coefficient (Wildman–Crippen LogP) is 4.15. The number of esters is 1. The van der Waals surface area contributed by atoms with Gasteiger partial charge in [0.25, 0.3) is 0 Å². The van der Waals surface area contributed by atoms with Gasteiger partial charge in [0.1, 0.15) is 5.82 Å². The molecule has 0 aliphatic carbocycles. The summed E-state index contributed by atoms with van der Waals surface area (Å²) in [5, 5.41) is 0. The summed E-state index contributed by atoms with van der Waals surface area (Å²) in [6.45, 7) is 7.80. The SMILES string of the molecule is CCOC(=O)C1(C/C=C/c2ccccc2)CCCN(Cc2nccn2CC)C1. The number of likely N-dealkylation sites (tertiary alicyclic amines) is 1. The number of piperidine rings is 1. The molecule has 5 heteroatoms. The Bertz CT molecular complexity index is 784. The van der Waals surface area contributed by atoms with E-state index in [0.29, 0.717) is 19.6 Å². The van der Waals surface area contributed by atoms with Crippen molar-refractivity contribution in [3.05, 3.63) is 60.2 Å². The average Bonchev–Trinajstić information content (AvgIpc) is 3.16. The van der Waals surface area contributed by atoms with E-state index in [2.05, 4.69) is 45.7 Å². The standard InChI is InChI=1S/C23H31N3O2/c1-3-26-17-15-24-21(26)18-25-16-9-14-23(19-25,22(27)28-4-2)13-8-12-20-10-6-5-7-11-20/h5-8,10-12,15,17H,3-4,9,13-14,16,18-19H2,1-2H3/b12-8+. The maximum atomic E-state index is 12.9. The van der Waals surface area contributed by atoms with Gasteiger partial charge in [-0.05, 0) is 45.2 Å². The maximum Gasteiger partial charge on any atom is 0.313 e. The van der Waals surface area contributed by atoms with E-state index in [-0.39, 0.29) is 5.97 Å². The Morgan fingerprint density at radius 2 is 2.11 bits per heavy atom. The highest BCUT2D eigenvalue weighted by atomic mass is 16.5. The minimum atomic E-state index is -0.483. The zero-order valence-corrected chi connectivity index (χ0v) is 17.0. The lowest BCUT2D eigenvalue weighted by Crippen LogP contribution is -2.48. The third kappa shape index (κ3) is 4.90. The summed E-state index contributed by atoms with van der Waals surface area (Å²) >= 11 is 0. The molecule has 2 heterocycles. The number of benzene rings is 1. The van der Waals surface area contributed by atoms with Gasteiger partial charge in [0, 0.05) is 25.5 Å². The molecule has 150 valence electrons. The summed E-state index contributed by atoms with van der Waals surface area (Å²) in [6.07, 6.45) is 10.6. The maximum absolute atomic E-state index is 12.9. The fourth-order valence-electron chi connectivity index (χ4n) is 4.03. The van der Waals surface area contributed by atoms with E-state index in [1.807, 2.05) is 37.5 Å². The van der Waals surface area contributed by atoms with Crippen molar-refractivity contribution in [3.63, 3.8) is 0 Å². The molecule has 1 atom stereocenters. The van der Waals surface area contributed by atoms with Crippen LogP contribution in [-0.4, -0.2) is 40.1 Å². The van der Waals surface area contributed by atoms with Crippen LogP contribution in [-0.2, 0) is 22.6 Å². The number of carbonyl (C=O) groups is 1. The molecule has 3 rings (SSSR count). The van der Waals surface area contributed by atoms with Crippen LogP contribution in [0.5, 0.6) is 0 Å². The monoisotopic (exact) mass is 381 g/mol. The minimum absolute atomic E-state index is 0.0729. The van der Waals surface area contributed by atoms with Crippen molar-refractivity contribution in [1.29, 1.82) is 0 Å². The highest BCUT2D eigenvalue weighted by molar-refractivity contribution is 5.77. The number of rotatable bonds is 8. The van der Waals surface area contributed by atoms with Crippen molar-refractivity contribution in [3.8, 4) is 0 Å². The van der Waals surface area contributed by atoms with Crippen LogP contribution in [0, 0.1) is 5.41 Å². The van der Waals surface area contributed by atoms with Crippen LogP contribution in [0.3, 0.4) is 0 Å². The molecule has 1 aromatic carbocycles. The van der Waals surface area contributed by atoms with Gasteiger partial charge in [0.05, 0.1) is 18.6 Å². The molecular formula is C23H31N3O2. The Hall–Kier alpha value is -2.40. The summed E-state index contributed by atoms with van der Waals surface area (Å²) in [4.78, 5) is 19.8. The molecule has 1 aliphatic rings. The topological polar surface area (TPSA) is 47.4 Å². The first kappa shape index (κ1) is 20.3. The molecular weight excluding hydrogens is 350 g/mol. The van der Waals surface area contributed by atoms with Crippen molar-refractivity contribution in [2.75, 3.05) is 19.7 Å². The van der Waals surface area contributed by atoms with Gasteiger partial charge in [-0.2, -0.15) is 0 Å². The minimum Gasteiger partial charge on any atom is -0.466 e. The predicted molar refractivity (Wildman–Crippen MR) is 112 cm³/mol. The summed E-state index contributed by atoms with van der Waals surface area (Å²) in [5.74, 6) is 0.984. The summed E-state index contributed by atoms with van der Waals surface area (Å²) in [5.41, 5.74) is 0.669. The number of aromatic nitrogens is 2. The van der Waals surface area contributed by atoms with Crippen LogP contribution in [0.4, 0.5) is 0 Å². The van der Waals surface area contributed by atoms with E-state index in [9.17, 15) is 4.79 Å². The van der Waals surface area contributed by atoms with Gasteiger partial charge in [-0.15, -0.1) is 0 Å². The van der Waals surface area contributed by atoms with Gasteiger partial charge in [-0.25, -0.2) is 4.98 Å². The Labute approximate surface area is 168 Å². The molecule has 0 N–H and O–H groups in total. The Kier molecular flexibility index (Phi) is 7.04. The Balaban J connectivity index is 1.74. The Morgan fingerprint density at radius 3 is 2.86 bits per heavy atom. The highest BCUT2D eigenvalue weighted by Gasteiger charge is 2.42. The molecule has 1 saturated heterocycles. The molecule has 5 nitrogen and oxygen atoms in total. The molecule has 1 aliphatic heterocycles. The first-order valence-corrected chi connectivity index (χ1v) is 10.3. The second-order valence-electron chi connectivity index (χ2n) is 7.46. The number of aryl methyl sites for hydroxylation is 1. The third-order valence-corrected chi connectivity index (χ3v) is 5.49. The second-order valence-corrected chi connectivity index (χ2v) is 7.46. The second kappa shape index (κ2) is 9.69. The van der Waals surface area contributed by atoms with E-state index >= 15 is 0 Å². The Morgan fingerprint density at radius 1 is 1.29 bits per heavy atom. The van der Waals surface area contributed by atoms with Crippen LogP contribution in [0.2, 0.25) is 0 Å². The van der Waals surface area contributed by atoms with Gasteiger partial charge in [-0.3, -0.25) is 9.69 Å². The highest BCUT2D eigenvalue weighted by Crippen LogP contribution is 2.36. The molecule has 0 amide bonds. The largest absolute Gasteiger partial charge is 0.466 e. The number of nitrogens with zero attached hydrogens (tertiary/aromatic N) is 3. The van der Waals surface area contributed by atoms with Gasteiger partial charge < -0.3 is 9.30 Å². The van der Waals surface area contributed by atoms with Gasteiger partial charge in [0.15, 0.2) is 0 Å². The smallest absolute Gasteiger partial charge is 0.313 e. The molecule has 1 unspecified atom stereocenters. The molecule has 0 saturated carbocycles. The van der Waals surface area contributed by atoms with Gasteiger partial charge in [-0.1, -0.05) is 42.5 Å². The van der Waals surface area contributed by atoms with E-state index in [1.54, 1.807) is 0 Å². The van der Waals surface area contributed by atoms with Crippen LogP contribution < -0.4 is 0 Å². The molecule has 0 radical (unpaired) electrons. The van der Waals surface area contributed by atoms with E-state index in [0.717, 1.165) is 43.9 Å². The number of carbonyl (C=O) groups excluding carboxylic acids is 1. The number of hydrogen-bond acceptors (Lipinski definition) is 4. The summed E-state index contributed by atoms with van der Waals surface area (Å²) < 4.78 is 7.66. The fraction of sp³-hybridized carbons (Fsp3) is 0.478. The quantitative estimate of drug-likeness (QED) is 0.645. The lowest BCUT2D eigenvalue weighted by atomic mass is 9.76. The summed E-state index contributed by atoms with van der Waals surface area (Å²) in [6, 6.07) is 10.2. The molecule has 2 aromatic rings.